The first-order valence-corrected chi connectivity index (χ1v) is 11.6. The molecule has 0 aliphatic carbocycles. The van der Waals surface area contributed by atoms with Crippen molar-refractivity contribution in [3.8, 4) is 0 Å². The van der Waals surface area contributed by atoms with Gasteiger partial charge in [0, 0.05) is 23.2 Å². The largest absolute Gasteiger partial charge is 0.276 e. The van der Waals surface area contributed by atoms with Crippen LogP contribution in [0.1, 0.15) is 25.3 Å². The lowest BCUT2D eigenvalue weighted by atomic mass is 10.2. The van der Waals surface area contributed by atoms with Crippen LogP contribution < -0.4 is 5.56 Å². The fourth-order valence-electron chi connectivity index (χ4n) is 3.72. The van der Waals surface area contributed by atoms with Gasteiger partial charge in [0.15, 0.2) is 5.16 Å². The van der Waals surface area contributed by atoms with E-state index in [-0.39, 0.29) is 5.56 Å². The lowest BCUT2D eigenvalue weighted by Gasteiger charge is -2.11. The van der Waals surface area contributed by atoms with E-state index in [2.05, 4.69) is 28.2 Å². The van der Waals surface area contributed by atoms with Crippen molar-refractivity contribution in [3.63, 3.8) is 0 Å². The van der Waals surface area contributed by atoms with Gasteiger partial charge in [-0.3, -0.25) is 13.8 Å². The van der Waals surface area contributed by atoms with Crippen LogP contribution in [-0.2, 0) is 12.3 Å². The van der Waals surface area contributed by atoms with Crippen molar-refractivity contribution < 1.29 is 0 Å². The van der Waals surface area contributed by atoms with E-state index in [1.54, 1.807) is 4.57 Å². The van der Waals surface area contributed by atoms with Crippen LogP contribution >= 0.6 is 23.4 Å². The number of pyridine rings is 1. The van der Waals surface area contributed by atoms with Crippen LogP contribution in [0.4, 0.5) is 0 Å². The second-order valence-electron chi connectivity index (χ2n) is 7.37. The van der Waals surface area contributed by atoms with E-state index < -0.39 is 0 Å². The molecule has 0 bridgehead atoms. The van der Waals surface area contributed by atoms with Crippen molar-refractivity contribution in [1.29, 1.82) is 0 Å². The van der Waals surface area contributed by atoms with Crippen LogP contribution in [0.5, 0.6) is 0 Å². The van der Waals surface area contributed by atoms with E-state index in [0.29, 0.717) is 28.6 Å². The van der Waals surface area contributed by atoms with Gasteiger partial charge >= 0.3 is 0 Å². The van der Waals surface area contributed by atoms with Gasteiger partial charge in [-0.2, -0.15) is 0 Å². The number of thioether (sulfide) groups is 1. The number of para-hydroxylation sites is 2. The Hall–Kier alpha value is -2.90. The highest BCUT2D eigenvalue weighted by Gasteiger charge is 2.17. The topological polar surface area (TPSA) is 65.1 Å². The fraction of sp³-hybridized carbons (Fsp3) is 0.217. The normalized spacial score (nSPS) is 11.7. The minimum Gasteiger partial charge on any atom is -0.276 e. The van der Waals surface area contributed by atoms with Gasteiger partial charge in [0.1, 0.15) is 5.15 Å². The maximum Gasteiger partial charge on any atom is 0.262 e. The van der Waals surface area contributed by atoms with Crippen molar-refractivity contribution in [2.24, 2.45) is 0 Å². The summed E-state index contributed by atoms with van der Waals surface area (Å²) in [5, 5.41) is 11.7. The predicted octanol–water partition coefficient (Wildman–Crippen LogP) is 5.34. The number of unbranched alkanes of at least 4 members (excludes halogenated alkanes) is 1. The summed E-state index contributed by atoms with van der Waals surface area (Å²) in [4.78, 5) is 17.6. The Bertz CT molecular complexity index is 1480. The highest BCUT2D eigenvalue weighted by atomic mass is 35.5. The molecule has 0 saturated heterocycles. The molecule has 0 unspecified atom stereocenters. The average molecular weight is 450 g/mol. The van der Waals surface area contributed by atoms with E-state index in [9.17, 15) is 4.79 Å². The molecule has 156 valence electrons. The summed E-state index contributed by atoms with van der Waals surface area (Å²) >= 11 is 7.98. The molecule has 0 N–H and O–H groups in total. The molecule has 31 heavy (non-hydrogen) atoms. The molecule has 0 radical (unpaired) electrons. The van der Waals surface area contributed by atoms with Crippen molar-refractivity contribution in [1.82, 2.24) is 24.1 Å². The first kappa shape index (κ1) is 20.0. The van der Waals surface area contributed by atoms with E-state index in [1.807, 2.05) is 52.9 Å². The highest BCUT2D eigenvalue weighted by molar-refractivity contribution is 7.98. The fourth-order valence-corrected chi connectivity index (χ4v) is 4.93. The number of aryl methyl sites for hydroxylation is 1. The molecule has 0 saturated carbocycles. The minimum atomic E-state index is -0.0257. The zero-order chi connectivity index (χ0) is 21.4. The predicted molar refractivity (Wildman–Crippen MR) is 126 cm³/mol. The number of hydrogen-bond acceptors (Lipinski definition) is 5. The number of nitrogens with zero attached hydrogens (tertiary/aromatic N) is 5. The molecule has 5 aromatic rings. The van der Waals surface area contributed by atoms with Gasteiger partial charge in [-0.05, 0) is 30.7 Å². The van der Waals surface area contributed by atoms with Crippen molar-refractivity contribution in [3.05, 3.63) is 75.7 Å². The third kappa shape index (κ3) is 3.58. The van der Waals surface area contributed by atoms with Crippen LogP contribution in [0.25, 0.3) is 27.6 Å². The molecular formula is C23H20ClN5OS. The van der Waals surface area contributed by atoms with Gasteiger partial charge < -0.3 is 0 Å². The van der Waals surface area contributed by atoms with Crippen molar-refractivity contribution >= 4 is 50.9 Å². The Morgan fingerprint density at radius 2 is 1.87 bits per heavy atom. The van der Waals surface area contributed by atoms with E-state index in [0.717, 1.165) is 40.0 Å². The van der Waals surface area contributed by atoms with Gasteiger partial charge in [-0.1, -0.05) is 67.0 Å². The molecule has 0 aliphatic rings. The zero-order valence-corrected chi connectivity index (χ0v) is 18.5. The van der Waals surface area contributed by atoms with Gasteiger partial charge in [0.25, 0.3) is 5.56 Å². The molecule has 8 heteroatoms. The second kappa shape index (κ2) is 8.32. The molecular weight excluding hydrogens is 430 g/mol. The second-order valence-corrected chi connectivity index (χ2v) is 8.67. The molecule has 0 fully saturated rings. The average Bonchev–Trinajstić information content (AvgIpc) is 3.21. The highest BCUT2D eigenvalue weighted by Crippen LogP contribution is 2.29. The quantitative estimate of drug-likeness (QED) is 0.258. The molecule has 5 rings (SSSR count). The molecule has 2 aromatic carbocycles. The van der Waals surface area contributed by atoms with Gasteiger partial charge in [0.05, 0.1) is 16.4 Å². The Morgan fingerprint density at radius 3 is 2.74 bits per heavy atom. The smallest absolute Gasteiger partial charge is 0.262 e. The molecule has 3 heterocycles. The summed E-state index contributed by atoms with van der Waals surface area (Å²) in [5.74, 6) is 1.17. The molecule has 0 aliphatic heterocycles. The molecule has 6 nitrogen and oxygen atoms in total. The Morgan fingerprint density at radius 1 is 1.06 bits per heavy atom. The molecule has 0 amide bonds. The summed E-state index contributed by atoms with van der Waals surface area (Å²) in [7, 11) is 0. The van der Waals surface area contributed by atoms with Crippen LogP contribution in [0, 0.1) is 0 Å². The van der Waals surface area contributed by atoms with Crippen LogP contribution in [0.15, 0.2) is 64.5 Å². The standard InChI is InChI=1S/C23H20ClN5OS/c1-2-3-12-28-21(30)17-9-5-7-11-19(17)29-22(28)26-27-23(29)31-14-16-13-15-8-4-6-10-18(15)25-20(16)24/h4-11,13H,2-3,12,14H2,1H3. The maximum absolute atomic E-state index is 13.1. The number of aromatic nitrogens is 5. The Balaban J connectivity index is 1.59. The number of benzene rings is 2. The molecule has 0 spiro atoms. The van der Waals surface area contributed by atoms with Gasteiger partial charge in [-0.15, -0.1) is 10.2 Å². The lowest BCUT2D eigenvalue weighted by molar-refractivity contribution is 0.620. The van der Waals surface area contributed by atoms with Crippen LogP contribution in [0.3, 0.4) is 0 Å². The Labute approximate surface area is 187 Å². The molecule has 0 atom stereocenters. The monoisotopic (exact) mass is 449 g/mol. The van der Waals surface area contributed by atoms with E-state index in [4.69, 9.17) is 11.6 Å². The lowest BCUT2D eigenvalue weighted by Crippen LogP contribution is -2.23. The summed E-state index contributed by atoms with van der Waals surface area (Å²) in [6, 6.07) is 17.6. The summed E-state index contributed by atoms with van der Waals surface area (Å²) in [6.07, 6.45) is 1.90. The summed E-state index contributed by atoms with van der Waals surface area (Å²) in [5.41, 5.74) is 2.60. The van der Waals surface area contributed by atoms with Crippen LogP contribution in [0.2, 0.25) is 5.15 Å². The number of halogens is 1. The van der Waals surface area contributed by atoms with Crippen molar-refractivity contribution in [2.75, 3.05) is 0 Å². The first-order chi connectivity index (χ1) is 15.2. The maximum atomic E-state index is 13.1. The first-order valence-electron chi connectivity index (χ1n) is 10.2. The van der Waals surface area contributed by atoms with Crippen LogP contribution in [-0.4, -0.2) is 24.1 Å². The van der Waals surface area contributed by atoms with Crippen molar-refractivity contribution in [2.45, 2.75) is 37.2 Å². The number of hydrogen-bond donors (Lipinski definition) is 0. The molecule has 3 aromatic heterocycles. The zero-order valence-electron chi connectivity index (χ0n) is 17.0. The summed E-state index contributed by atoms with van der Waals surface area (Å²) < 4.78 is 3.70. The van der Waals surface area contributed by atoms with E-state index in [1.165, 1.54) is 11.8 Å². The SMILES string of the molecule is CCCCn1c(=O)c2ccccc2n2c(SCc3cc4ccccc4nc3Cl)nnc12. The number of fused-ring (bicyclic) bond motifs is 4. The Kier molecular flexibility index (Phi) is 5.38. The number of rotatable bonds is 6. The third-order valence-electron chi connectivity index (χ3n) is 5.32. The van der Waals surface area contributed by atoms with Gasteiger partial charge in [0.2, 0.25) is 5.78 Å². The van der Waals surface area contributed by atoms with Gasteiger partial charge in [-0.25, -0.2) is 4.98 Å². The summed E-state index contributed by atoms with van der Waals surface area (Å²) in [6.45, 7) is 2.72. The van der Waals surface area contributed by atoms with E-state index >= 15 is 0 Å². The minimum absolute atomic E-state index is 0.0257. The third-order valence-corrected chi connectivity index (χ3v) is 6.63.